The Balaban J connectivity index is 1.48. The van der Waals surface area contributed by atoms with Crippen molar-refractivity contribution < 1.29 is 14.3 Å². The van der Waals surface area contributed by atoms with Gasteiger partial charge in [0.1, 0.15) is 0 Å². The first-order valence-electron chi connectivity index (χ1n) is 9.45. The Bertz CT molecular complexity index is 866. The maximum atomic E-state index is 12.7. The molecular weight excluding hydrogens is 358 g/mol. The maximum absolute atomic E-state index is 12.7. The van der Waals surface area contributed by atoms with Gasteiger partial charge in [-0.3, -0.25) is 14.7 Å². The number of urea groups is 1. The lowest BCUT2D eigenvalue weighted by Crippen LogP contribution is -2.46. The molecule has 0 aliphatic carbocycles. The van der Waals surface area contributed by atoms with E-state index in [1.54, 1.807) is 17.3 Å². The minimum absolute atomic E-state index is 0.114. The van der Waals surface area contributed by atoms with Crippen molar-refractivity contribution in [1.29, 1.82) is 0 Å². The molecule has 146 valence electrons. The fourth-order valence-electron chi connectivity index (χ4n) is 3.38. The van der Waals surface area contributed by atoms with Gasteiger partial charge in [0.2, 0.25) is 0 Å². The monoisotopic (exact) mass is 381 g/mol. The first kappa shape index (κ1) is 18.2. The molecule has 2 N–H and O–H groups in total. The summed E-state index contributed by atoms with van der Waals surface area (Å²) in [6.07, 6.45) is 4.21. The molecule has 2 aromatic rings. The summed E-state index contributed by atoms with van der Waals surface area (Å²) in [5, 5.41) is 5.73. The van der Waals surface area contributed by atoms with Crippen molar-refractivity contribution in [2.45, 2.75) is 6.42 Å². The summed E-state index contributed by atoms with van der Waals surface area (Å²) in [7, 11) is 0. The Labute approximate surface area is 163 Å². The number of aromatic nitrogens is 1. The van der Waals surface area contributed by atoms with Gasteiger partial charge in [0, 0.05) is 43.8 Å². The predicted octanol–water partition coefficient (Wildman–Crippen LogP) is 2.09. The summed E-state index contributed by atoms with van der Waals surface area (Å²) in [6, 6.07) is 9.04. The minimum Gasteiger partial charge on any atom is -0.378 e. The van der Waals surface area contributed by atoms with Gasteiger partial charge in [-0.05, 0) is 30.7 Å². The number of hydrogen-bond acceptors (Lipinski definition) is 5. The molecule has 28 heavy (non-hydrogen) atoms. The highest BCUT2D eigenvalue weighted by atomic mass is 16.5. The van der Waals surface area contributed by atoms with Crippen LogP contribution >= 0.6 is 0 Å². The molecule has 0 saturated carbocycles. The number of rotatable bonds is 4. The van der Waals surface area contributed by atoms with E-state index in [-0.39, 0.29) is 11.9 Å². The van der Waals surface area contributed by atoms with Gasteiger partial charge in [-0.2, -0.15) is 0 Å². The van der Waals surface area contributed by atoms with Crippen molar-refractivity contribution in [1.82, 2.24) is 10.3 Å². The molecule has 2 aliphatic heterocycles. The number of carbonyl (C=O) groups is 2. The second-order valence-corrected chi connectivity index (χ2v) is 6.77. The van der Waals surface area contributed by atoms with Crippen LogP contribution in [-0.4, -0.2) is 56.3 Å². The lowest BCUT2D eigenvalue weighted by Gasteiger charge is -2.28. The van der Waals surface area contributed by atoms with E-state index < -0.39 is 0 Å². The van der Waals surface area contributed by atoms with E-state index in [4.69, 9.17) is 4.74 Å². The molecule has 0 unspecified atom stereocenters. The summed E-state index contributed by atoms with van der Waals surface area (Å²) in [5.41, 5.74) is 2.80. The van der Waals surface area contributed by atoms with E-state index in [9.17, 15) is 9.59 Å². The number of pyridine rings is 1. The number of benzene rings is 1. The number of morpholine rings is 1. The third-order valence-electron chi connectivity index (χ3n) is 4.86. The SMILES string of the molecule is O=C(Nc1cccc(N2CCCNC2=O)c1)c1cncc(N2CCOCC2)c1. The molecule has 3 amide bonds. The van der Waals surface area contributed by atoms with Crippen LogP contribution in [0.4, 0.5) is 21.9 Å². The van der Waals surface area contributed by atoms with Crippen molar-refractivity contribution in [3.05, 3.63) is 48.3 Å². The van der Waals surface area contributed by atoms with Gasteiger partial charge in [-0.1, -0.05) is 6.07 Å². The highest BCUT2D eigenvalue weighted by molar-refractivity contribution is 6.05. The average Bonchev–Trinajstić information content (AvgIpc) is 2.75. The molecule has 4 rings (SSSR count). The van der Waals surface area contributed by atoms with Gasteiger partial charge in [-0.15, -0.1) is 0 Å². The molecule has 3 heterocycles. The molecule has 2 saturated heterocycles. The molecule has 2 aliphatic rings. The number of carbonyl (C=O) groups excluding carboxylic acids is 2. The fourth-order valence-corrected chi connectivity index (χ4v) is 3.38. The summed E-state index contributed by atoms with van der Waals surface area (Å²) in [5.74, 6) is -0.233. The number of ether oxygens (including phenoxy) is 1. The van der Waals surface area contributed by atoms with Crippen molar-refractivity contribution in [3.8, 4) is 0 Å². The molecule has 1 aromatic carbocycles. The maximum Gasteiger partial charge on any atom is 0.321 e. The molecule has 1 aromatic heterocycles. The normalized spacial score (nSPS) is 17.2. The zero-order valence-corrected chi connectivity index (χ0v) is 15.6. The standard InChI is InChI=1S/C20H23N5O3/c26-19(15-11-18(14-21-13-15)24-7-9-28-10-8-24)23-16-3-1-4-17(12-16)25-6-2-5-22-20(25)27/h1,3-4,11-14H,2,5-10H2,(H,22,27)(H,23,26). The van der Waals surface area contributed by atoms with Crippen LogP contribution in [0.15, 0.2) is 42.7 Å². The first-order chi connectivity index (χ1) is 13.7. The summed E-state index contributed by atoms with van der Waals surface area (Å²) in [6.45, 7) is 4.27. The Morgan fingerprint density at radius 1 is 1.11 bits per heavy atom. The predicted molar refractivity (Wildman–Crippen MR) is 107 cm³/mol. The molecule has 8 heteroatoms. The van der Waals surface area contributed by atoms with Gasteiger partial charge in [0.25, 0.3) is 5.91 Å². The fraction of sp³-hybridized carbons (Fsp3) is 0.350. The van der Waals surface area contributed by atoms with E-state index in [1.165, 1.54) is 0 Å². The molecule has 2 fully saturated rings. The lowest BCUT2D eigenvalue weighted by molar-refractivity contribution is 0.102. The van der Waals surface area contributed by atoms with E-state index in [1.807, 2.05) is 30.3 Å². The Morgan fingerprint density at radius 2 is 1.96 bits per heavy atom. The van der Waals surface area contributed by atoms with Crippen LogP contribution in [-0.2, 0) is 4.74 Å². The van der Waals surface area contributed by atoms with Gasteiger partial charge >= 0.3 is 6.03 Å². The van der Waals surface area contributed by atoms with Crippen molar-refractivity contribution in [2.75, 3.05) is 54.5 Å². The van der Waals surface area contributed by atoms with Crippen molar-refractivity contribution in [3.63, 3.8) is 0 Å². The number of nitrogens with zero attached hydrogens (tertiary/aromatic N) is 3. The zero-order valence-electron chi connectivity index (χ0n) is 15.6. The third-order valence-corrected chi connectivity index (χ3v) is 4.86. The van der Waals surface area contributed by atoms with Crippen LogP contribution in [0.1, 0.15) is 16.8 Å². The smallest absolute Gasteiger partial charge is 0.321 e. The lowest BCUT2D eigenvalue weighted by atomic mass is 10.2. The van der Waals surface area contributed by atoms with E-state index in [0.717, 1.165) is 30.9 Å². The Morgan fingerprint density at radius 3 is 2.79 bits per heavy atom. The molecule has 0 atom stereocenters. The zero-order chi connectivity index (χ0) is 19.3. The molecule has 0 radical (unpaired) electrons. The second kappa shape index (κ2) is 8.26. The van der Waals surface area contributed by atoms with Crippen LogP contribution < -0.4 is 20.4 Å². The Hall–Kier alpha value is -3.13. The molecule has 8 nitrogen and oxygen atoms in total. The van der Waals surface area contributed by atoms with Crippen LogP contribution in [0.25, 0.3) is 0 Å². The number of anilines is 3. The number of nitrogens with one attached hydrogen (secondary N) is 2. The van der Waals surface area contributed by atoms with Crippen molar-refractivity contribution >= 4 is 29.0 Å². The van der Waals surface area contributed by atoms with Gasteiger partial charge in [0.15, 0.2) is 0 Å². The molecular formula is C20H23N5O3. The second-order valence-electron chi connectivity index (χ2n) is 6.77. The largest absolute Gasteiger partial charge is 0.378 e. The van der Waals surface area contributed by atoms with Crippen molar-refractivity contribution in [2.24, 2.45) is 0 Å². The van der Waals surface area contributed by atoms with Gasteiger partial charge in [-0.25, -0.2) is 4.79 Å². The van der Waals surface area contributed by atoms with Gasteiger partial charge < -0.3 is 20.3 Å². The van der Waals surface area contributed by atoms with E-state index >= 15 is 0 Å². The minimum atomic E-state index is -0.233. The van der Waals surface area contributed by atoms with Crippen LogP contribution in [0, 0.1) is 0 Å². The average molecular weight is 381 g/mol. The number of hydrogen-bond donors (Lipinski definition) is 2. The third kappa shape index (κ3) is 4.07. The first-order valence-corrected chi connectivity index (χ1v) is 9.45. The van der Waals surface area contributed by atoms with Crippen LogP contribution in [0.2, 0.25) is 0 Å². The number of amides is 3. The quantitative estimate of drug-likeness (QED) is 0.847. The topological polar surface area (TPSA) is 86.8 Å². The summed E-state index contributed by atoms with van der Waals surface area (Å²) >= 11 is 0. The highest BCUT2D eigenvalue weighted by Crippen LogP contribution is 2.22. The van der Waals surface area contributed by atoms with Crippen LogP contribution in [0.3, 0.4) is 0 Å². The van der Waals surface area contributed by atoms with Crippen LogP contribution in [0.5, 0.6) is 0 Å². The Kier molecular flexibility index (Phi) is 5.38. The van der Waals surface area contributed by atoms with E-state index in [0.29, 0.717) is 37.6 Å². The highest BCUT2D eigenvalue weighted by Gasteiger charge is 2.20. The summed E-state index contributed by atoms with van der Waals surface area (Å²) < 4.78 is 5.37. The van der Waals surface area contributed by atoms with Gasteiger partial charge in [0.05, 0.1) is 30.7 Å². The molecule has 0 bridgehead atoms. The summed E-state index contributed by atoms with van der Waals surface area (Å²) in [4.78, 5) is 32.8. The molecule has 0 spiro atoms. The van der Waals surface area contributed by atoms with E-state index in [2.05, 4.69) is 20.5 Å².